The van der Waals surface area contributed by atoms with Gasteiger partial charge in [0.15, 0.2) is 10.8 Å². The second-order valence-electron chi connectivity index (χ2n) is 6.55. The Hall–Kier alpha value is -2.68. The normalized spacial score (nSPS) is 13.4. The third-order valence-corrected chi connectivity index (χ3v) is 5.50. The Bertz CT molecular complexity index is 1020. The number of rotatable bonds is 7. The number of aromatic nitrogens is 4. The minimum Gasteiger partial charge on any atom is -0.467 e. The Balaban J connectivity index is 1.80. The molecule has 0 aliphatic carbocycles. The van der Waals surface area contributed by atoms with E-state index in [-0.39, 0.29) is 17.6 Å². The van der Waals surface area contributed by atoms with Gasteiger partial charge in [0.25, 0.3) is 0 Å². The molecular weight excluding hydrogens is 378 g/mol. The second kappa shape index (κ2) is 8.55. The Labute approximate surface area is 167 Å². The molecule has 1 amide bonds. The number of para-hydroxylation sites is 1. The molecule has 0 bridgehead atoms. The van der Waals surface area contributed by atoms with Crippen molar-refractivity contribution in [3.63, 3.8) is 0 Å². The third kappa shape index (κ3) is 4.09. The van der Waals surface area contributed by atoms with Gasteiger partial charge in [0.2, 0.25) is 5.91 Å². The van der Waals surface area contributed by atoms with Crippen LogP contribution in [0.25, 0.3) is 16.6 Å². The lowest BCUT2D eigenvalue weighted by Gasteiger charge is -2.21. The minimum absolute atomic E-state index is 0.0233. The monoisotopic (exact) mass is 401 g/mol. The summed E-state index contributed by atoms with van der Waals surface area (Å²) in [5.74, 6) is 0.00632. The van der Waals surface area contributed by atoms with Crippen LogP contribution in [0.4, 0.5) is 0 Å². The zero-order chi connectivity index (χ0) is 20.3. The van der Waals surface area contributed by atoms with E-state index in [1.165, 1.54) is 18.9 Å². The summed E-state index contributed by atoms with van der Waals surface area (Å²) < 4.78 is 6.47. The maximum Gasteiger partial charge on any atom is 0.328 e. The molecule has 0 fully saturated rings. The quantitative estimate of drug-likeness (QED) is 0.369. The number of amides is 1. The molecule has 1 aromatic carbocycles. The summed E-state index contributed by atoms with van der Waals surface area (Å²) >= 11 is 1.25. The lowest BCUT2D eigenvalue weighted by molar-refractivity contribution is -0.146. The molecule has 2 atom stereocenters. The lowest BCUT2D eigenvalue weighted by atomic mass is 9.99. The Morgan fingerprint density at radius 2 is 2.04 bits per heavy atom. The number of nitrogens with one attached hydrogen (secondary N) is 1. The Morgan fingerprint density at radius 1 is 1.29 bits per heavy atom. The number of nitrogens with zero attached hydrogens (tertiary/aromatic N) is 4. The summed E-state index contributed by atoms with van der Waals surface area (Å²) in [6, 6.07) is 7.01. The molecule has 3 rings (SSSR count). The highest BCUT2D eigenvalue weighted by molar-refractivity contribution is 7.99. The fourth-order valence-electron chi connectivity index (χ4n) is 2.87. The van der Waals surface area contributed by atoms with Crippen molar-refractivity contribution in [2.45, 2.75) is 38.4 Å². The number of ether oxygens (including phenoxy) is 1. The van der Waals surface area contributed by atoms with Gasteiger partial charge in [-0.15, -0.1) is 5.10 Å². The van der Waals surface area contributed by atoms with Gasteiger partial charge in [-0.3, -0.25) is 4.79 Å². The molecule has 0 aliphatic heterocycles. The molecule has 9 heteroatoms. The lowest BCUT2D eigenvalue weighted by Crippen LogP contribution is -2.46. The van der Waals surface area contributed by atoms with Crippen molar-refractivity contribution in [1.29, 1.82) is 0 Å². The van der Waals surface area contributed by atoms with Crippen LogP contribution >= 0.6 is 11.8 Å². The molecule has 8 nitrogen and oxygen atoms in total. The molecule has 28 heavy (non-hydrogen) atoms. The first-order valence-electron chi connectivity index (χ1n) is 9.06. The predicted octanol–water partition coefficient (Wildman–Crippen LogP) is 2.38. The smallest absolute Gasteiger partial charge is 0.328 e. The molecule has 2 aromatic heterocycles. The van der Waals surface area contributed by atoms with Gasteiger partial charge < -0.3 is 10.1 Å². The molecule has 0 radical (unpaired) electrons. The van der Waals surface area contributed by atoms with E-state index >= 15 is 0 Å². The summed E-state index contributed by atoms with van der Waals surface area (Å²) in [6.45, 7) is 5.68. The highest BCUT2D eigenvalue weighted by Gasteiger charge is 2.26. The van der Waals surface area contributed by atoms with Crippen LogP contribution in [0, 0.1) is 12.8 Å². The summed E-state index contributed by atoms with van der Waals surface area (Å²) in [7, 11) is 1.32. The van der Waals surface area contributed by atoms with Gasteiger partial charge in [-0.1, -0.05) is 44.2 Å². The molecule has 0 saturated heterocycles. The topological polar surface area (TPSA) is 98.5 Å². The van der Waals surface area contributed by atoms with E-state index in [0.717, 1.165) is 17.3 Å². The number of carbonyl (C=O) groups excluding carboxylic acids is 2. The van der Waals surface area contributed by atoms with Gasteiger partial charge in [0.05, 0.1) is 18.4 Å². The number of methoxy groups -OCH3 is 1. The molecular formula is C19H23N5O3S. The molecule has 0 aliphatic rings. The molecule has 0 unspecified atom stereocenters. The van der Waals surface area contributed by atoms with Crippen molar-refractivity contribution in [2.75, 3.05) is 12.9 Å². The van der Waals surface area contributed by atoms with E-state index in [1.807, 2.05) is 45.0 Å². The van der Waals surface area contributed by atoms with Crippen LogP contribution in [-0.4, -0.2) is 50.4 Å². The molecule has 148 valence electrons. The summed E-state index contributed by atoms with van der Waals surface area (Å²) in [5.41, 5.74) is 1.50. The summed E-state index contributed by atoms with van der Waals surface area (Å²) in [6.07, 6.45) is 0.748. The first kappa shape index (κ1) is 20.1. The highest BCUT2D eigenvalue weighted by atomic mass is 32.2. The Morgan fingerprint density at radius 3 is 2.75 bits per heavy atom. The molecule has 2 heterocycles. The molecule has 1 N–H and O–H groups in total. The van der Waals surface area contributed by atoms with Gasteiger partial charge in [-0.05, 0) is 25.0 Å². The first-order valence-corrected chi connectivity index (χ1v) is 10.0. The van der Waals surface area contributed by atoms with Crippen molar-refractivity contribution in [2.24, 2.45) is 5.92 Å². The van der Waals surface area contributed by atoms with Crippen LogP contribution < -0.4 is 5.32 Å². The van der Waals surface area contributed by atoms with Crippen molar-refractivity contribution in [3.05, 3.63) is 30.1 Å². The number of benzene rings is 1. The number of esters is 1. The Kier molecular flexibility index (Phi) is 6.13. The minimum atomic E-state index is -0.665. The van der Waals surface area contributed by atoms with E-state index in [0.29, 0.717) is 16.6 Å². The average Bonchev–Trinajstić information content (AvgIpc) is 3.10. The fraction of sp³-hybridized carbons (Fsp3) is 0.421. The second-order valence-corrected chi connectivity index (χ2v) is 7.49. The molecule has 0 saturated carbocycles. The maximum absolute atomic E-state index is 12.5. The van der Waals surface area contributed by atoms with Crippen LogP contribution in [0.3, 0.4) is 0 Å². The standard InChI is InChI=1S/C19H23N5O3S/c1-5-11(2)16(18(26)27-4)22-15(25)10-28-19-21-14-9-7-6-8-13(14)17-20-12(3)23-24(17)19/h6-9,11,16H,5,10H2,1-4H3,(H,22,25)/t11-,16+/m0/s1. The van der Waals surface area contributed by atoms with E-state index in [9.17, 15) is 9.59 Å². The zero-order valence-electron chi connectivity index (χ0n) is 16.3. The first-order chi connectivity index (χ1) is 13.4. The van der Waals surface area contributed by atoms with Gasteiger partial charge in [-0.25, -0.2) is 14.8 Å². The predicted molar refractivity (Wildman–Crippen MR) is 107 cm³/mol. The zero-order valence-corrected chi connectivity index (χ0v) is 17.1. The van der Waals surface area contributed by atoms with E-state index in [4.69, 9.17) is 4.74 Å². The number of hydrogen-bond acceptors (Lipinski definition) is 7. The van der Waals surface area contributed by atoms with Crippen LogP contribution in [-0.2, 0) is 14.3 Å². The molecule has 3 aromatic rings. The van der Waals surface area contributed by atoms with Gasteiger partial charge in [0, 0.05) is 5.39 Å². The summed E-state index contributed by atoms with van der Waals surface area (Å²) in [4.78, 5) is 33.5. The van der Waals surface area contributed by atoms with Gasteiger partial charge in [-0.2, -0.15) is 4.52 Å². The van der Waals surface area contributed by atoms with Crippen LogP contribution in [0.15, 0.2) is 29.4 Å². The van der Waals surface area contributed by atoms with E-state index in [2.05, 4.69) is 20.4 Å². The van der Waals surface area contributed by atoms with Gasteiger partial charge in [0.1, 0.15) is 11.9 Å². The highest BCUT2D eigenvalue weighted by Crippen LogP contribution is 2.23. The van der Waals surface area contributed by atoms with E-state index < -0.39 is 12.0 Å². The van der Waals surface area contributed by atoms with Crippen LogP contribution in [0.2, 0.25) is 0 Å². The van der Waals surface area contributed by atoms with Crippen molar-refractivity contribution >= 4 is 40.2 Å². The van der Waals surface area contributed by atoms with Crippen LogP contribution in [0.1, 0.15) is 26.1 Å². The maximum atomic E-state index is 12.5. The van der Waals surface area contributed by atoms with Crippen molar-refractivity contribution < 1.29 is 14.3 Å². The number of hydrogen-bond donors (Lipinski definition) is 1. The largest absolute Gasteiger partial charge is 0.467 e. The number of fused-ring (bicyclic) bond motifs is 3. The third-order valence-electron chi connectivity index (χ3n) is 4.57. The SMILES string of the molecule is CC[C@H](C)[C@@H](NC(=O)CSc1nc2ccccc2c2nc(C)nn12)C(=O)OC. The van der Waals surface area contributed by atoms with E-state index in [1.54, 1.807) is 4.52 Å². The summed E-state index contributed by atoms with van der Waals surface area (Å²) in [5, 5.41) is 8.65. The van der Waals surface area contributed by atoms with Crippen molar-refractivity contribution in [1.82, 2.24) is 24.9 Å². The average molecular weight is 401 g/mol. The number of aryl methyl sites for hydroxylation is 1. The fourth-order valence-corrected chi connectivity index (χ4v) is 3.62. The molecule has 0 spiro atoms. The van der Waals surface area contributed by atoms with Crippen molar-refractivity contribution in [3.8, 4) is 0 Å². The number of thioether (sulfide) groups is 1. The van der Waals surface area contributed by atoms with Crippen LogP contribution in [0.5, 0.6) is 0 Å². The number of carbonyl (C=O) groups is 2. The van der Waals surface area contributed by atoms with Gasteiger partial charge >= 0.3 is 5.97 Å².